The molecule has 1 aromatic rings. The third-order valence-corrected chi connectivity index (χ3v) is 4.10. The molecular formula is C17H24F3N3O3. The number of carbonyl (C=O) groups excluding carboxylic acids is 1. The van der Waals surface area contributed by atoms with Gasteiger partial charge in [0.25, 0.3) is 5.88 Å². The second-order valence-electron chi connectivity index (χ2n) is 7.06. The number of hydrogen-bond donors (Lipinski definition) is 1. The minimum atomic E-state index is -4.84. The van der Waals surface area contributed by atoms with Crippen molar-refractivity contribution in [1.82, 2.24) is 15.2 Å². The summed E-state index contributed by atoms with van der Waals surface area (Å²) in [4.78, 5) is 18.2. The first-order chi connectivity index (χ1) is 12.1. The van der Waals surface area contributed by atoms with Crippen molar-refractivity contribution in [1.29, 1.82) is 0 Å². The molecule has 0 aromatic carbocycles. The van der Waals surface area contributed by atoms with Crippen LogP contribution in [0.4, 0.5) is 13.2 Å². The molecule has 1 amide bonds. The Morgan fingerprint density at radius 1 is 1.42 bits per heavy atom. The Hall–Kier alpha value is -2.03. The molecule has 9 heteroatoms. The quantitative estimate of drug-likeness (QED) is 0.794. The predicted octanol–water partition coefficient (Wildman–Crippen LogP) is 2.74. The SMILES string of the molecule is CN1CCC[C@H]1CC(=O)NC(C)(C)COc1ncccc1OC(F)(F)F. The van der Waals surface area contributed by atoms with Gasteiger partial charge in [-0.3, -0.25) is 4.79 Å². The van der Waals surface area contributed by atoms with Crippen LogP contribution in [0.25, 0.3) is 0 Å². The summed E-state index contributed by atoms with van der Waals surface area (Å²) < 4.78 is 46.6. The van der Waals surface area contributed by atoms with Gasteiger partial charge in [0.2, 0.25) is 5.91 Å². The van der Waals surface area contributed by atoms with E-state index >= 15 is 0 Å². The van der Waals surface area contributed by atoms with E-state index in [-0.39, 0.29) is 24.4 Å². The summed E-state index contributed by atoms with van der Waals surface area (Å²) in [7, 11) is 1.99. The lowest BCUT2D eigenvalue weighted by atomic mass is 10.1. The highest BCUT2D eigenvalue weighted by Gasteiger charge is 2.33. The number of carbonyl (C=O) groups is 1. The molecule has 1 fully saturated rings. The molecule has 1 aliphatic rings. The first kappa shape index (κ1) is 20.3. The molecule has 26 heavy (non-hydrogen) atoms. The lowest BCUT2D eigenvalue weighted by Crippen LogP contribution is -2.49. The maximum Gasteiger partial charge on any atom is 0.573 e. The molecule has 2 rings (SSSR count). The molecule has 0 aliphatic carbocycles. The molecule has 0 radical (unpaired) electrons. The summed E-state index contributed by atoms with van der Waals surface area (Å²) in [5, 5.41) is 2.86. The highest BCUT2D eigenvalue weighted by Crippen LogP contribution is 2.30. The number of pyridine rings is 1. The zero-order valence-electron chi connectivity index (χ0n) is 15.1. The summed E-state index contributed by atoms with van der Waals surface area (Å²) in [6.45, 7) is 4.39. The fourth-order valence-electron chi connectivity index (χ4n) is 2.85. The lowest BCUT2D eigenvalue weighted by Gasteiger charge is -2.28. The smallest absolute Gasteiger partial charge is 0.473 e. The van der Waals surface area contributed by atoms with E-state index < -0.39 is 17.7 Å². The first-order valence-electron chi connectivity index (χ1n) is 8.40. The molecule has 1 aliphatic heterocycles. The highest BCUT2D eigenvalue weighted by atomic mass is 19.4. The number of amides is 1. The number of rotatable bonds is 7. The predicted molar refractivity (Wildman–Crippen MR) is 88.9 cm³/mol. The Morgan fingerprint density at radius 2 is 2.15 bits per heavy atom. The van der Waals surface area contributed by atoms with Gasteiger partial charge in [0.05, 0.1) is 5.54 Å². The second-order valence-corrected chi connectivity index (χ2v) is 7.06. The fraction of sp³-hybridized carbons (Fsp3) is 0.647. The van der Waals surface area contributed by atoms with Gasteiger partial charge in [-0.1, -0.05) is 0 Å². The van der Waals surface area contributed by atoms with Crippen LogP contribution in [0.5, 0.6) is 11.6 Å². The third kappa shape index (κ3) is 6.36. The molecule has 0 saturated carbocycles. The zero-order valence-corrected chi connectivity index (χ0v) is 15.1. The van der Waals surface area contributed by atoms with Gasteiger partial charge in [0, 0.05) is 18.7 Å². The number of likely N-dealkylation sites (tertiary alicyclic amines) is 1. The van der Waals surface area contributed by atoms with Crippen LogP contribution in [0.15, 0.2) is 18.3 Å². The Labute approximate surface area is 150 Å². The number of nitrogens with one attached hydrogen (secondary N) is 1. The highest BCUT2D eigenvalue weighted by molar-refractivity contribution is 5.77. The van der Waals surface area contributed by atoms with Crippen molar-refractivity contribution in [2.75, 3.05) is 20.2 Å². The lowest BCUT2D eigenvalue weighted by molar-refractivity contribution is -0.275. The summed E-state index contributed by atoms with van der Waals surface area (Å²) in [5.41, 5.74) is -0.777. The van der Waals surface area contributed by atoms with Crippen LogP contribution in [-0.4, -0.2) is 53.9 Å². The van der Waals surface area contributed by atoms with Crippen LogP contribution in [0.1, 0.15) is 33.1 Å². The number of alkyl halides is 3. The van der Waals surface area contributed by atoms with Gasteiger partial charge >= 0.3 is 6.36 Å². The van der Waals surface area contributed by atoms with E-state index in [0.29, 0.717) is 6.42 Å². The Bertz CT molecular complexity index is 623. The zero-order chi connectivity index (χ0) is 19.4. The molecular weight excluding hydrogens is 351 g/mol. The minimum absolute atomic E-state index is 0.0511. The number of ether oxygens (including phenoxy) is 2. The van der Waals surface area contributed by atoms with E-state index in [9.17, 15) is 18.0 Å². The molecule has 6 nitrogen and oxygen atoms in total. The van der Waals surface area contributed by atoms with E-state index in [1.54, 1.807) is 13.8 Å². The largest absolute Gasteiger partial charge is 0.573 e. The van der Waals surface area contributed by atoms with Gasteiger partial charge in [-0.05, 0) is 52.4 Å². The van der Waals surface area contributed by atoms with Gasteiger partial charge in [0.15, 0.2) is 5.75 Å². The number of nitrogens with zero attached hydrogens (tertiary/aromatic N) is 2. The first-order valence-corrected chi connectivity index (χ1v) is 8.40. The van der Waals surface area contributed by atoms with E-state index in [1.807, 2.05) is 7.05 Å². The van der Waals surface area contributed by atoms with Crippen LogP contribution in [0.3, 0.4) is 0 Å². The Kier molecular flexibility index (Phi) is 6.33. The summed E-state index contributed by atoms with van der Waals surface area (Å²) in [6.07, 6.45) is -1.10. The Balaban J connectivity index is 1.90. The second kappa shape index (κ2) is 8.11. The summed E-state index contributed by atoms with van der Waals surface area (Å²) in [5.74, 6) is -0.914. The van der Waals surface area contributed by atoms with Crippen LogP contribution in [0.2, 0.25) is 0 Å². The molecule has 0 spiro atoms. The van der Waals surface area contributed by atoms with Crippen LogP contribution in [-0.2, 0) is 4.79 Å². The Morgan fingerprint density at radius 3 is 2.77 bits per heavy atom. The van der Waals surface area contributed by atoms with E-state index in [1.165, 1.54) is 12.3 Å². The molecule has 1 atom stereocenters. The van der Waals surface area contributed by atoms with Crippen molar-refractivity contribution in [3.63, 3.8) is 0 Å². The molecule has 2 heterocycles. The number of aromatic nitrogens is 1. The minimum Gasteiger partial charge on any atom is -0.473 e. The monoisotopic (exact) mass is 375 g/mol. The van der Waals surface area contributed by atoms with Gasteiger partial charge in [-0.2, -0.15) is 0 Å². The average Bonchev–Trinajstić information content (AvgIpc) is 2.89. The van der Waals surface area contributed by atoms with E-state index in [2.05, 4.69) is 19.9 Å². The van der Waals surface area contributed by atoms with Gasteiger partial charge in [0.1, 0.15) is 6.61 Å². The van der Waals surface area contributed by atoms with Gasteiger partial charge in [-0.15, -0.1) is 13.2 Å². The van der Waals surface area contributed by atoms with Crippen molar-refractivity contribution < 1.29 is 27.4 Å². The van der Waals surface area contributed by atoms with Crippen molar-refractivity contribution >= 4 is 5.91 Å². The fourth-order valence-corrected chi connectivity index (χ4v) is 2.85. The third-order valence-electron chi connectivity index (χ3n) is 4.10. The van der Waals surface area contributed by atoms with Crippen LogP contribution >= 0.6 is 0 Å². The van der Waals surface area contributed by atoms with E-state index in [0.717, 1.165) is 25.5 Å². The molecule has 1 N–H and O–H groups in total. The molecule has 1 aromatic heterocycles. The maximum atomic E-state index is 12.4. The maximum absolute atomic E-state index is 12.4. The molecule has 0 bridgehead atoms. The van der Waals surface area contributed by atoms with Crippen LogP contribution < -0.4 is 14.8 Å². The normalized spacial score (nSPS) is 18.6. The van der Waals surface area contributed by atoms with Gasteiger partial charge in [-0.25, -0.2) is 4.98 Å². The van der Waals surface area contributed by atoms with Crippen LogP contribution in [0, 0.1) is 0 Å². The van der Waals surface area contributed by atoms with Crippen molar-refractivity contribution in [3.05, 3.63) is 18.3 Å². The molecule has 146 valence electrons. The summed E-state index contributed by atoms with van der Waals surface area (Å²) >= 11 is 0. The number of hydrogen-bond acceptors (Lipinski definition) is 5. The van der Waals surface area contributed by atoms with Crippen molar-refractivity contribution in [2.45, 2.75) is 51.1 Å². The molecule has 0 unspecified atom stereocenters. The molecule has 1 saturated heterocycles. The topological polar surface area (TPSA) is 63.7 Å². The van der Waals surface area contributed by atoms with Crippen molar-refractivity contribution in [2.24, 2.45) is 0 Å². The number of halogens is 3. The van der Waals surface area contributed by atoms with E-state index in [4.69, 9.17) is 4.74 Å². The average molecular weight is 375 g/mol. The van der Waals surface area contributed by atoms with Crippen molar-refractivity contribution in [3.8, 4) is 11.6 Å². The summed E-state index contributed by atoms with van der Waals surface area (Å²) in [6, 6.07) is 2.66. The van der Waals surface area contributed by atoms with Gasteiger partial charge < -0.3 is 19.7 Å². The standard InChI is InChI=1S/C17H24F3N3O3/c1-16(2,22-14(24)10-12-6-5-9-23(12)3)11-25-15-13(7-4-8-21-15)26-17(18,19)20/h4,7-8,12H,5-6,9-11H2,1-3H3,(H,22,24)/t12-/m0/s1.